The molecule has 0 bridgehead atoms. The van der Waals surface area contributed by atoms with Crippen molar-refractivity contribution < 1.29 is 59.0 Å². The van der Waals surface area contributed by atoms with Gasteiger partial charge in [-0.3, -0.25) is 13.8 Å². The summed E-state index contributed by atoms with van der Waals surface area (Å²) in [4.78, 5) is 23.2. The lowest BCUT2D eigenvalue weighted by molar-refractivity contribution is -0.220. The number of carbonyl (C=O) groups excluding carboxylic acids is 1. The van der Waals surface area contributed by atoms with Crippen LogP contribution in [0.15, 0.2) is 24.3 Å². The van der Waals surface area contributed by atoms with Gasteiger partial charge in [-0.05, 0) is 44.9 Å². The lowest BCUT2D eigenvalue weighted by Crippen LogP contribution is -2.64. The Morgan fingerprint density at radius 2 is 1.09 bits per heavy atom. The number of phosphoric acid groups is 1. The van der Waals surface area contributed by atoms with Gasteiger partial charge in [-0.15, -0.1) is 0 Å². The van der Waals surface area contributed by atoms with E-state index in [1.165, 1.54) is 51.0 Å². The highest BCUT2D eigenvalue weighted by Gasteiger charge is 2.51. The molecule has 9 N–H and O–H groups in total. The number of amides is 1. The first-order valence-electron chi connectivity index (χ1n) is 20.4. The number of rotatable bonds is 32. The fourth-order valence-electron chi connectivity index (χ4n) is 6.35. The Labute approximate surface area is 318 Å². The van der Waals surface area contributed by atoms with Gasteiger partial charge in [-0.1, -0.05) is 128 Å². The van der Waals surface area contributed by atoms with E-state index in [1.807, 2.05) is 0 Å². The summed E-state index contributed by atoms with van der Waals surface area (Å²) in [5, 5.41) is 73.9. The van der Waals surface area contributed by atoms with Gasteiger partial charge in [0.05, 0.1) is 31.3 Å². The van der Waals surface area contributed by atoms with E-state index in [0.29, 0.717) is 12.8 Å². The second-order valence-corrected chi connectivity index (χ2v) is 16.1. The number of unbranched alkanes of at least 4 members (excludes halogenated alkanes) is 17. The van der Waals surface area contributed by atoms with Crippen molar-refractivity contribution in [2.45, 2.75) is 210 Å². The molecule has 1 aliphatic rings. The first-order chi connectivity index (χ1) is 25.3. The zero-order valence-corrected chi connectivity index (χ0v) is 33.3. The smallest absolute Gasteiger partial charge is 0.393 e. The summed E-state index contributed by atoms with van der Waals surface area (Å²) >= 11 is 0. The maximum absolute atomic E-state index is 12.9. The molecule has 0 aliphatic heterocycles. The maximum atomic E-state index is 12.9. The van der Waals surface area contributed by atoms with Crippen molar-refractivity contribution in [2.24, 2.45) is 0 Å². The van der Waals surface area contributed by atoms with Gasteiger partial charge in [0.2, 0.25) is 5.91 Å². The standard InChI is InChI=1S/C39H74NO12P/c1-3-5-7-9-11-13-14-15-16-17-18-19-20-22-24-26-30(41)28-33(43)40-31(32(42)27-25-23-21-12-10-8-6-4-2)29-51-53(49,50)52-39-37(47)35(45)34(44)36(46)38(39)48/h15-16,25,27,30-32,34-39,41-42,44-48H,3-14,17-24,26,28-29H2,1-2H3,(H,40,43)(H,49,50)/b16-15-,27-25+. The highest BCUT2D eigenvalue weighted by Crippen LogP contribution is 2.47. The molecule has 1 rings (SSSR count). The van der Waals surface area contributed by atoms with Crippen molar-refractivity contribution in [2.75, 3.05) is 6.61 Å². The lowest BCUT2D eigenvalue weighted by atomic mass is 9.85. The zero-order valence-electron chi connectivity index (χ0n) is 32.4. The number of allylic oxidation sites excluding steroid dienone is 3. The molecule has 0 aromatic carbocycles. The van der Waals surface area contributed by atoms with Crippen LogP contribution in [-0.2, 0) is 18.4 Å². The molecule has 14 heteroatoms. The van der Waals surface area contributed by atoms with Gasteiger partial charge in [-0.2, -0.15) is 0 Å². The highest BCUT2D eigenvalue weighted by atomic mass is 31.2. The van der Waals surface area contributed by atoms with Crippen LogP contribution in [0.5, 0.6) is 0 Å². The first kappa shape index (κ1) is 49.8. The van der Waals surface area contributed by atoms with Crippen LogP contribution in [0.2, 0.25) is 0 Å². The molecule has 0 heterocycles. The van der Waals surface area contributed by atoms with Crippen LogP contribution in [0.4, 0.5) is 0 Å². The van der Waals surface area contributed by atoms with Crippen LogP contribution in [-0.4, -0.2) is 108 Å². The van der Waals surface area contributed by atoms with Crippen LogP contribution in [0.1, 0.15) is 155 Å². The average molecular weight is 780 g/mol. The second-order valence-electron chi connectivity index (χ2n) is 14.7. The minimum atomic E-state index is -5.13. The first-order valence-corrected chi connectivity index (χ1v) is 21.9. The summed E-state index contributed by atoms with van der Waals surface area (Å²) < 4.78 is 22.7. The molecule has 8 unspecified atom stereocenters. The van der Waals surface area contributed by atoms with E-state index in [4.69, 9.17) is 9.05 Å². The summed E-state index contributed by atoms with van der Waals surface area (Å²) in [5.74, 6) is -0.603. The van der Waals surface area contributed by atoms with E-state index in [2.05, 4.69) is 31.3 Å². The Balaban J connectivity index is 2.57. The fraction of sp³-hybridized carbons (Fsp3) is 0.872. The molecule has 312 valence electrons. The predicted molar refractivity (Wildman–Crippen MR) is 206 cm³/mol. The number of carbonyl (C=O) groups is 1. The summed E-state index contributed by atoms with van der Waals surface area (Å²) in [6.07, 6.45) is 15.9. The molecule has 0 spiro atoms. The van der Waals surface area contributed by atoms with Crippen molar-refractivity contribution in [1.29, 1.82) is 0 Å². The molecular formula is C39H74NO12P. The Morgan fingerprint density at radius 3 is 1.60 bits per heavy atom. The Bertz CT molecular complexity index is 1020. The Morgan fingerprint density at radius 1 is 0.660 bits per heavy atom. The maximum Gasteiger partial charge on any atom is 0.472 e. The third-order valence-electron chi connectivity index (χ3n) is 9.78. The number of hydrogen-bond acceptors (Lipinski definition) is 11. The average Bonchev–Trinajstić information content (AvgIpc) is 3.12. The third-order valence-corrected chi connectivity index (χ3v) is 10.8. The molecule has 0 radical (unpaired) electrons. The molecule has 8 atom stereocenters. The summed E-state index contributed by atoms with van der Waals surface area (Å²) in [5.41, 5.74) is 0. The zero-order chi connectivity index (χ0) is 39.5. The topological polar surface area (TPSA) is 226 Å². The van der Waals surface area contributed by atoms with Gasteiger partial charge in [0, 0.05) is 0 Å². The summed E-state index contributed by atoms with van der Waals surface area (Å²) in [6, 6.07) is -1.24. The van der Waals surface area contributed by atoms with Crippen LogP contribution in [0, 0.1) is 0 Å². The lowest BCUT2D eigenvalue weighted by Gasteiger charge is -2.41. The van der Waals surface area contributed by atoms with Crippen LogP contribution in [0.3, 0.4) is 0 Å². The van der Waals surface area contributed by atoms with E-state index in [9.17, 15) is 50.0 Å². The SMILES string of the molecule is CCCCCCCC/C=C\CCCCCCCC(O)CC(=O)NC(COP(=O)(O)OC1C(O)C(O)C(O)C(O)C1O)C(O)/C=C/CCCCCCCC. The summed E-state index contributed by atoms with van der Waals surface area (Å²) in [7, 11) is -5.13. The van der Waals surface area contributed by atoms with Gasteiger partial charge in [0.25, 0.3) is 0 Å². The molecule has 13 nitrogen and oxygen atoms in total. The number of aliphatic hydroxyl groups excluding tert-OH is 7. The molecule has 1 saturated carbocycles. The van der Waals surface area contributed by atoms with E-state index >= 15 is 0 Å². The molecule has 1 amide bonds. The Hall–Kier alpha value is -1.22. The van der Waals surface area contributed by atoms with Crippen LogP contribution in [0.25, 0.3) is 0 Å². The van der Waals surface area contributed by atoms with Gasteiger partial charge in [0.15, 0.2) is 0 Å². The second kappa shape index (κ2) is 30.0. The predicted octanol–water partition coefficient (Wildman–Crippen LogP) is 5.25. The number of nitrogens with one attached hydrogen (secondary N) is 1. The van der Waals surface area contributed by atoms with Gasteiger partial charge in [0.1, 0.15) is 36.6 Å². The number of aliphatic hydroxyl groups is 7. The molecule has 53 heavy (non-hydrogen) atoms. The van der Waals surface area contributed by atoms with Crippen molar-refractivity contribution in [3.8, 4) is 0 Å². The van der Waals surface area contributed by atoms with Gasteiger partial charge >= 0.3 is 7.82 Å². The van der Waals surface area contributed by atoms with E-state index in [0.717, 1.165) is 77.0 Å². The van der Waals surface area contributed by atoms with Crippen molar-refractivity contribution in [1.82, 2.24) is 5.32 Å². The molecule has 0 saturated heterocycles. The minimum Gasteiger partial charge on any atom is -0.393 e. The van der Waals surface area contributed by atoms with Gasteiger partial charge in [-0.25, -0.2) is 4.57 Å². The normalized spacial score (nSPS) is 25.1. The molecule has 1 fully saturated rings. The fourth-order valence-corrected chi connectivity index (χ4v) is 7.32. The molecular weight excluding hydrogens is 705 g/mol. The largest absolute Gasteiger partial charge is 0.472 e. The van der Waals surface area contributed by atoms with E-state index < -0.39 is 75.2 Å². The monoisotopic (exact) mass is 779 g/mol. The van der Waals surface area contributed by atoms with E-state index in [-0.39, 0.29) is 6.42 Å². The minimum absolute atomic E-state index is 0.250. The van der Waals surface area contributed by atoms with E-state index in [1.54, 1.807) is 6.08 Å². The highest BCUT2D eigenvalue weighted by molar-refractivity contribution is 7.47. The number of hydrogen-bond donors (Lipinski definition) is 9. The quantitative estimate of drug-likeness (QED) is 0.0243. The molecule has 0 aromatic rings. The third kappa shape index (κ3) is 22.8. The van der Waals surface area contributed by atoms with Crippen LogP contribution < -0.4 is 5.32 Å². The van der Waals surface area contributed by atoms with Crippen LogP contribution >= 0.6 is 7.82 Å². The van der Waals surface area contributed by atoms with Crippen molar-refractivity contribution in [3.63, 3.8) is 0 Å². The number of phosphoric ester groups is 1. The summed E-state index contributed by atoms with van der Waals surface area (Å²) in [6.45, 7) is 3.64. The van der Waals surface area contributed by atoms with Crippen molar-refractivity contribution in [3.05, 3.63) is 24.3 Å². The van der Waals surface area contributed by atoms with Gasteiger partial charge < -0.3 is 46.0 Å². The Kier molecular flexibility index (Phi) is 28.2. The molecule has 1 aliphatic carbocycles. The van der Waals surface area contributed by atoms with Crippen molar-refractivity contribution >= 4 is 13.7 Å². The molecule has 0 aromatic heterocycles.